The first kappa shape index (κ1) is 14.1. The van der Waals surface area contributed by atoms with Crippen molar-refractivity contribution in [1.29, 1.82) is 0 Å². The molecule has 2 aromatic rings. The van der Waals surface area contributed by atoms with Crippen molar-refractivity contribution in [2.45, 2.75) is 19.1 Å². The first-order valence-corrected chi connectivity index (χ1v) is 6.69. The molecule has 0 atom stereocenters. The molecular formula is C14H15F2N3O2. The number of halogens is 2. The molecule has 1 aliphatic rings. The van der Waals surface area contributed by atoms with E-state index in [2.05, 4.69) is 15.3 Å². The lowest BCUT2D eigenvalue weighted by Crippen LogP contribution is -2.28. The lowest BCUT2D eigenvalue weighted by Gasteiger charge is -2.22. The number of hydrogen-bond acceptors (Lipinski definition) is 5. The molecule has 7 heteroatoms. The molecule has 112 valence electrons. The Morgan fingerprint density at radius 1 is 1.19 bits per heavy atom. The van der Waals surface area contributed by atoms with Gasteiger partial charge >= 0.3 is 0 Å². The second-order valence-corrected chi connectivity index (χ2v) is 5.02. The Morgan fingerprint density at radius 2 is 1.86 bits per heavy atom. The summed E-state index contributed by atoms with van der Waals surface area (Å²) in [4.78, 5) is 8.26. The number of ether oxygens (including phenoxy) is 2. The van der Waals surface area contributed by atoms with Gasteiger partial charge in [-0.05, 0) is 6.92 Å². The molecule has 0 saturated carbocycles. The van der Waals surface area contributed by atoms with Crippen LogP contribution in [0.15, 0.2) is 18.3 Å². The Bertz CT molecular complexity index is 660. The maximum Gasteiger partial charge on any atom is 0.167 e. The maximum absolute atomic E-state index is 13.2. The average molecular weight is 295 g/mol. The van der Waals surface area contributed by atoms with Gasteiger partial charge in [-0.3, -0.25) is 4.98 Å². The van der Waals surface area contributed by atoms with E-state index in [0.29, 0.717) is 43.0 Å². The monoisotopic (exact) mass is 295 g/mol. The van der Waals surface area contributed by atoms with Crippen LogP contribution >= 0.6 is 0 Å². The van der Waals surface area contributed by atoms with Crippen LogP contribution < -0.4 is 5.32 Å². The summed E-state index contributed by atoms with van der Waals surface area (Å²) in [6, 6.07) is 2.07. The van der Waals surface area contributed by atoms with E-state index in [-0.39, 0.29) is 0 Å². The Morgan fingerprint density at radius 3 is 2.57 bits per heavy atom. The molecule has 5 nitrogen and oxygen atoms in total. The maximum atomic E-state index is 13.2. The minimum atomic E-state index is -0.936. The number of nitrogens with zero attached hydrogens (tertiary/aromatic N) is 2. The van der Waals surface area contributed by atoms with Crippen LogP contribution in [0.25, 0.3) is 11.0 Å². The van der Waals surface area contributed by atoms with Crippen LogP contribution in [0, 0.1) is 11.6 Å². The number of benzene rings is 1. The Balaban J connectivity index is 1.68. The lowest BCUT2D eigenvalue weighted by molar-refractivity contribution is -0.144. The van der Waals surface area contributed by atoms with Crippen LogP contribution in [0.2, 0.25) is 0 Å². The van der Waals surface area contributed by atoms with E-state index < -0.39 is 17.4 Å². The molecule has 1 aromatic carbocycles. The Kier molecular flexibility index (Phi) is 3.69. The SMILES string of the molecule is CC1(CCNc2cnc3cc(F)c(F)cc3n2)OCCO1. The van der Waals surface area contributed by atoms with Gasteiger partial charge in [0, 0.05) is 25.1 Å². The van der Waals surface area contributed by atoms with E-state index in [1.165, 1.54) is 6.20 Å². The van der Waals surface area contributed by atoms with Crippen molar-refractivity contribution in [3.8, 4) is 0 Å². The Hall–Kier alpha value is -1.86. The van der Waals surface area contributed by atoms with Crippen molar-refractivity contribution in [3.63, 3.8) is 0 Å². The zero-order valence-corrected chi connectivity index (χ0v) is 11.5. The van der Waals surface area contributed by atoms with Gasteiger partial charge in [-0.2, -0.15) is 0 Å². The molecule has 1 aliphatic heterocycles. The molecule has 1 saturated heterocycles. The van der Waals surface area contributed by atoms with Crippen LogP contribution in [0.4, 0.5) is 14.6 Å². The van der Waals surface area contributed by atoms with Gasteiger partial charge in [-0.15, -0.1) is 0 Å². The summed E-state index contributed by atoms with van der Waals surface area (Å²) >= 11 is 0. The predicted molar refractivity (Wildman–Crippen MR) is 72.9 cm³/mol. The lowest BCUT2D eigenvalue weighted by atomic mass is 10.2. The van der Waals surface area contributed by atoms with E-state index in [0.717, 1.165) is 12.1 Å². The summed E-state index contributed by atoms with van der Waals surface area (Å²) in [7, 11) is 0. The molecule has 2 heterocycles. The van der Waals surface area contributed by atoms with Gasteiger partial charge in [0.1, 0.15) is 5.82 Å². The number of nitrogens with one attached hydrogen (secondary N) is 1. The fraction of sp³-hybridized carbons (Fsp3) is 0.429. The molecule has 0 radical (unpaired) electrons. The highest BCUT2D eigenvalue weighted by Crippen LogP contribution is 2.22. The van der Waals surface area contributed by atoms with E-state index >= 15 is 0 Å². The second-order valence-electron chi connectivity index (χ2n) is 5.02. The third kappa shape index (κ3) is 3.08. The van der Waals surface area contributed by atoms with E-state index in [1.807, 2.05) is 6.92 Å². The quantitative estimate of drug-likeness (QED) is 0.939. The van der Waals surface area contributed by atoms with Crippen molar-refractivity contribution >= 4 is 16.9 Å². The van der Waals surface area contributed by atoms with Gasteiger partial charge in [0.25, 0.3) is 0 Å². The van der Waals surface area contributed by atoms with Gasteiger partial charge in [0.15, 0.2) is 17.4 Å². The van der Waals surface area contributed by atoms with Crippen LogP contribution in [0.3, 0.4) is 0 Å². The average Bonchev–Trinajstić information content (AvgIpc) is 2.87. The number of hydrogen-bond donors (Lipinski definition) is 1. The number of anilines is 1. The molecule has 3 rings (SSSR count). The largest absolute Gasteiger partial charge is 0.369 e. The highest BCUT2D eigenvalue weighted by atomic mass is 19.2. The molecule has 0 aliphatic carbocycles. The van der Waals surface area contributed by atoms with Gasteiger partial charge in [-0.25, -0.2) is 13.8 Å². The predicted octanol–water partition coefficient (Wildman–Crippen LogP) is 2.47. The van der Waals surface area contributed by atoms with E-state index in [4.69, 9.17) is 9.47 Å². The smallest absolute Gasteiger partial charge is 0.167 e. The van der Waals surface area contributed by atoms with Crippen LogP contribution in [-0.4, -0.2) is 35.5 Å². The Labute approximate surface area is 120 Å². The summed E-state index contributed by atoms with van der Waals surface area (Å²) < 4.78 is 37.2. The number of aromatic nitrogens is 2. The third-order valence-electron chi connectivity index (χ3n) is 3.37. The second kappa shape index (κ2) is 5.50. The minimum absolute atomic E-state index is 0.304. The highest BCUT2D eigenvalue weighted by Gasteiger charge is 2.30. The van der Waals surface area contributed by atoms with Gasteiger partial charge < -0.3 is 14.8 Å². The summed E-state index contributed by atoms with van der Waals surface area (Å²) in [6.07, 6.45) is 2.13. The standard InChI is InChI=1S/C14H15F2N3O2/c1-14(20-4-5-21-14)2-3-17-13-8-18-11-6-9(15)10(16)7-12(11)19-13/h6-8H,2-5H2,1H3,(H,17,19). The normalized spacial score (nSPS) is 17.3. The summed E-state index contributed by atoms with van der Waals surface area (Å²) in [5, 5.41) is 3.07. The fourth-order valence-corrected chi connectivity index (χ4v) is 2.21. The molecule has 0 bridgehead atoms. The molecule has 1 N–H and O–H groups in total. The molecular weight excluding hydrogens is 280 g/mol. The third-order valence-corrected chi connectivity index (χ3v) is 3.37. The minimum Gasteiger partial charge on any atom is -0.369 e. The molecule has 1 aromatic heterocycles. The molecule has 1 fully saturated rings. The van der Waals surface area contributed by atoms with Crippen LogP contribution in [0.1, 0.15) is 13.3 Å². The number of fused-ring (bicyclic) bond motifs is 1. The van der Waals surface area contributed by atoms with Gasteiger partial charge in [-0.1, -0.05) is 0 Å². The fourth-order valence-electron chi connectivity index (χ4n) is 2.21. The van der Waals surface area contributed by atoms with Gasteiger partial charge in [0.2, 0.25) is 0 Å². The highest BCUT2D eigenvalue weighted by molar-refractivity contribution is 5.75. The first-order chi connectivity index (χ1) is 10.1. The molecule has 21 heavy (non-hydrogen) atoms. The summed E-state index contributed by atoms with van der Waals surface area (Å²) in [5.74, 6) is -1.95. The van der Waals surface area contributed by atoms with E-state index in [1.54, 1.807) is 0 Å². The molecule has 0 spiro atoms. The number of rotatable bonds is 4. The molecule has 0 amide bonds. The van der Waals surface area contributed by atoms with Crippen molar-refractivity contribution in [3.05, 3.63) is 30.0 Å². The van der Waals surface area contributed by atoms with E-state index in [9.17, 15) is 8.78 Å². The molecule has 0 unspecified atom stereocenters. The first-order valence-electron chi connectivity index (χ1n) is 6.69. The van der Waals surface area contributed by atoms with Crippen molar-refractivity contribution in [2.75, 3.05) is 25.1 Å². The zero-order valence-electron chi connectivity index (χ0n) is 11.5. The van der Waals surface area contributed by atoms with Crippen molar-refractivity contribution in [1.82, 2.24) is 9.97 Å². The summed E-state index contributed by atoms with van der Waals surface area (Å²) in [6.45, 7) is 3.64. The van der Waals surface area contributed by atoms with Crippen LogP contribution in [-0.2, 0) is 9.47 Å². The van der Waals surface area contributed by atoms with Crippen molar-refractivity contribution < 1.29 is 18.3 Å². The van der Waals surface area contributed by atoms with Crippen LogP contribution in [0.5, 0.6) is 0 Å². The summed E-state index contributed by atoms with van der Waals surface area (Å²) in [5.41, 5.74) is 0.618. The van der Waals surface area contributed by atoms with Crippen molar-refractivity contribution in [2.24, 2.45) is 0 Å². The zero-order chi connectivity index (χ0) is 14.9. The van der Waals surface area contributed by atoms with Gasteiger partial charge in [0.05, 0.1) is 30.4 Å². The topological polar surface area (TPSA) is 56.3 Å².